The standard InChI is InChI=1S/C9H12N2O/c1-2-9(11-10-4-1)6-8-3-5-12-7-8/h1-2,4,8H,3,5-7H2. The number of hydrogen-bond donors (Lipinski definition) is 0. The summed E-state index contributed by atoms with van der Waals surface area (Å²) in [6.45, 7) is 1.79. The van der Waals surface area contributed by atoms with E-state index in [4.69, 9.17) is 4.74 Å². The normalized spacial score (nSPS) is 22.8. The topological polar surface area (TPSA) is 35.0 Å². The molecule has 1 aromatic heterocycles. The molecule has 64 valence electrons. The molecule has 2 heterocycles. The molecule has 0 aromatic carbocycles. The molecule has 1 atom stereocenters. The first-order valence-corrected chi connectivity index (χ1v) is 4.29. The van der Waals surface area contributed by atoms with E-state index in [-0.39, 0.29) is 0 Å². The summed E-state index contributed by atoms with van der Waals surface area (Å²) in [6, 6.07) is 3.95. The highest BCUT2D eigenvalue weighted by Gasteiger charge is 2.16. The monoisotopic (exact) mass is 164 g/mol. The summed E-state index contributed by atoms with van der Waals surface area (Å²) in [5.41, 5.74) is 1.08. The molecule has 0 bridgehead atoms. The highest BCUT2D eigenvalue weighted by molar-refractivity contribution is 5.00. The minimum absolute atomic E-state index is 0.654. The summed E-state index contributed by atoms with van der Waals surface area (Å²) in [5.74, 6) is 0.654. The smallest absolute Gasteiger partial charge is 0.0634 e. The maximum absolute atomic E-state index is 5.28. The second-order valence-corrected chi connectivity index (χ2v) is 3.15. The van der Waals surface area contributed by atoms with E-state index in [1.807, 2.05) is 12.1 Å². The van der Waals surface area contributed by atoms with Crippen LogP contribution in [0.15, 0.2) is 18.3 Å². The Labute approximate surface area is 71.8 Å². The van der Waals surface area contributed by atoms with Crippen molar-refractivity contribution in [2.24, 2.45) is 5.92 Å². The van der Waals surface area contributed by atoms with Crippen LogP contribution < -0.4 is 0 Å². The third-order valence-corrected chi connectivity index (χ3v) is 2.15. The van der Waals surface area contributed by atoms with E-state index in [1.54, 1.807) is 6.20 Å². The van der Waals surface area contributed by atoms with Gasteiger partial charge in [0.25, 0.3) is 0 Å². The van der Waals surface area contributed by atoms with Crippen molar-refractivity contribution in [2.45, 2.75) is 12.8 Å². The zero-order valence-electron chi connectivity index (χ0n) is 6.94. The molecule has 0 radical (unpaired) electrons. The largest absolute Gasteiger partial charge is 0.381 e. The molecule has 1 saturated heterocycles. The van der Waals surface area contributed by atoms with Crippen LogP contribution in [0.2, 0.25) is 0 Å². The van der Waals surface area contributed by atoms with Gasteiger partial charge < -0.3 is 4.74 Å². The van der Waals surface area contributed by atoms with Crippen LogP contribution in [-0.2, 0) is 11.2 Å². The molecule has 0 amide bonds. The van der Waals surface area contributed by atoms with E-state index >= 15 is 0 Å². The first kappa shape index (κ1) is 7.68. The van der Waals surface area contributed by atoms with Crippen molar-refractivity contribution >= 4 is 0 Å². The maximum Gasteiger partial charge on any atom is 0.0634 e. The van der Waals surface area contributed by atoms with Crippen molar-refractivity contribution in [3.05, 3.63) is 24.0 Å². The third kappa shape index (κ3) is 1.80. The van der Waals surface area contributed by atoms with Crippen LogP contribution in [0.1, 0.15) is 12.1 Å². The Hall–Kier alpha value is -0.960. The van der Waals surface area contributed by atoms with Crippen molar-refractivity contribution in [1.82, 2.24) is 10.2 Å². The molecule has 1 fully saturated rings. The minimum atomic E-state index is 0.654. The molecular weight excluding hydrogens is 152 g/mol. The summed E-state index contributed by atoms with van der Waals surface area (Å²) < 4.78 is 5.28. The van der Waals surface area contributed by atoms with Gasteiger partial charge in [-0.3, -0.25) is 0 Å². The molecule has 1 aliphatic rings. The molecule has 0 aliphatic carbocycles. The number of ether oxygens (including phenoxy) is 1. The highest BCUT2D eigenvalue weighted by Crippen LogP contribution is 2.16. The van der Waals surface area contributed by atoms with Gasteiger partial charge in [-0.05, 0) is 30.9 Å². The van der Waals surface area contributed by atoms with Crippen LogP contribution >= 0.6 is 0 Å². The van der Waals surface area contributed by atoms with Crippen LogP contribution in [0.3, 0.4) is 0 Å². The molecule has 1 aliphatic heterocycles. The van der Waals surface area contributed by atoms with Gasteiger partial charge in [0.1, 0.15) is 0 Å². The van der Waals surface area contributed by atoms with Crippen molar-refractivity contribution in [3.63, 3.8) is 0 Å². The predicted molar refractivity (Wildman–Crippen MR) is 44.7 cm³/mol. The van der Waals surface area contributed by atoms with Gasteiger partial charge in [0.05, 0.1) is 5.69 Å². The van der Waals surface area contributed by atoms with E-state index in [0.29, 0.717) is 5.92 Å². The molecule has 12 heavy (non-hydrogen) atoms. The molecular formula is C9H12N2O. The van der Waals surface area contributed by atoms with Crippen molar-refractivity contribution < 1.29 is 4.74 Å². The summed E-state index contributed by atoms with van der Waals surface area (Å²) in [6.07, 6.45) is 3.87. The van der Waals surface area contributed by atoms with Crippen LogP contribution in [0.4, 0.5) is 0 Å². The lowest BCUT2D eigenvalue weighted by atomic mass is 10.0. The van der Waals surface area contributed by atoms with E-state index in [2.05, 4.69) is 10.2 Å². The van der Waals surface area contributed by atoms with E-state index in [1.165, 1.54) is 0 Å². The Morgan fingerprint density at radius 2 is 2.58 bits per heavy atom. The molecule has 1 aromatic rings. The molecule has 3 heteroatoms. The van der Waals surface area contributed by atoms with E-state index in [9.17, 15) is 0 Å². The second kappa shape index (κ2) is 3.63. The fraction of sp³-hybridized carbons (Fsp3) is 0.556. The van der Waals surface area contributed by atoms with Crippen molar-refractivity contribution in [3.8, 4) is 0 Å². The van der Waals surface area contributed by atoms with Gasteiger partial charge in [0, 0.05) is 19.4 Å². The van der Waals surface area contributed by atoms with Gasteiger partial charge in [0.15, 0.2) is 0 Å². The first-order valence-electron chi connectivity index (χ1n) is 4.29. The van der Waals surface area contributed by atoms with Gasteiger partial charge in [-0.2, -0.15) is 10.2 Å². The van der Waals surface area contributed by atoms with Crippen molar-refractivity contribution in [2.75, 3.05) is 13.2 Å². The Bertz CT molecular complexity index is 232. The molecule has 1 unspecified atom stereocenters. The van der Waals surface area contributed by atoms with E-state index < -0.39 is 0 Å². The summed E-state index contributed by atoms with van der Waals surface area (Å²) in [7, 11) is 0. The minimum Gasteiger partial charge on any atom is -0.381 e. The van der Waals surface area contributed by atoms with E-state index in [0.717, 1.165) is 31.7 Å². The zero-order valence-corrected chi connectivity index (χ0v) is 6.94. The van der Waals surface area contributed by atoms with Crippen LogP contribution in [0.5, 0.6) is 0 Å². The van der Waals surface area contributed by atoms with Gasteiger partial charge in [0.2, 0.25) is 0 Å². The fourth-order valence-corrected chi connectivity index (χ4v) is 1.48. The fourth-order valence-electron chi connectivity index (χ4n) is 1.48. The molecule has 0 saturated carbocycles. The van der Waals surface area contributed by atoms with Crippen LogP contribution in [0.25, 0.3) is 0 Å². The van der Waals surface area contributed by atoms with Gasteiger partial charge in [-0.1, -0.05) is 0 Å². The van der Waals surface area contributed by atoms with Crippen molar-refractivity contribution in [1.29, 1.82) is 0 Å². The van der Waals surface area contributed by atoms with Gasteiger partial charge in [-0.15, -0.1) is 0 Å². The lowest BCUT2D eigenvalue weighted by molar-refractivity contribution is 0.185. The lowest BCUT2D eigenvalue weighted by Gasteiger charge is -2.04. The van der Waals surface area contributed by atoms with Crippen LogP contribution in [0, 0.1) is 5.92 Å². The predicted octanol–water partition coefficient (Wildman–Crippen LogP) is 1.06. The molecule has 0 N–H and O–H groups in total. The number of aromatic nitrogens is 2. The number of hydrogen-bond acceptors (Lipinski definition) is 3. The van der Waals surface area contributed by atoms with Crippen LogP contribution in [-0.4, -0.2) is 23.4 Å². The average molecular weight is 164 g/mol. The summed E-state index contributed by atoms with van der Waals surface area (Å²) in [4.78, 5) is 0. The van der Waals surface area contributed by atoms with Gasteiger partial charge >= 0.3 is 0 Å². The Kier molecular flexibility index (Phi) is 2.32. The zero-order chi connectivity index (χ0) is 8.23. The molecule has 0 spiro atoms. The Morgan fingerprint density at radius 1 is 1.58 bits per heavy atom. The summed E-state index contributed by atoms with van der Waals surface area (Å²) >= 11 is 0. The second-order valence-electron chi connectivity index (χ2n) is 3.15. The quantitative estimate of drug-likeness (QED) is 0.655. The average Bonchev–Trinajstić information content (AvgIpc) is 2.59. The maximum atomic E-state index is 5.28. The first-order chi connectivity index (χ1) is 5.95. The summed E-state index contributed by atoms with van der Waals surface area (Å²) in [5, 5.41) is 7.87. The number of rotatable bonds is 2. The Morgan fingerprint density at radius 3 is 3.25 bits per heavy atom. The molecule has 3 nitrogen and oxygen atoms in total. The lowest BCUT2D eigenvalue weighted by Crippen LogP contribution is -2.05. The highest BCUT2D eigenvalue weighted by atomic mass is 16.5. The molecule has 2 rings (SSSR count). The Balaban J connectivity index is 1.94. The van der Waals surface area contributed by atoms with Gasteiger partial charge in [-0.25, -0.2) is 0 Å². The third-order valence-electron chi connectivity index (χ3n) is 2.15. The SMILES string of the molecule is c1cnnc(CC2CCOC2)c1. The number of nitrogens with zero attached hydrogens (tertiary/aromatic N) is 2.